The Hall–Kier alpha value is -3.46. The third-order valence-electron chi connectivity index (χ3n) is 4.11. The summed E-state index contributed by atoms with van der Waals surface area (Å²) in [5.41, 5.74) is 2.26. The van der Waals surface area contributed by atoms with E-state index in [1.807, 2.05) is 30.3 Å². The van der Waals surface area contributed by atoms with Crippen molar-refractivity contribution >= 4 is 22.7 Å². The lowest BCUT2D eigenvalue weighted by atomic mass is 9.96. The largest absolute Gasteiger partial charge is 0.355 e. The van der Waals surface area contributed by atoms with Crippen LogP contribution in [-0.2, 0) is 7.05 Å². The number of nitriles is 1. The van der Waals surface area contributed by atoms with Crippen LogP contribution in [0, 0.1) is 11.3 Å². The van der Waals surface area contributed by atoms with Gasteiger partial charge in [-0.05, 0) is 24.3 Å². The average molecular weight is 332 g/mol. The van der Waals surface area contributed by atoms with Gasteiger partial charge in [0.1, 0.15) is 5.82 Å². The van der Waals surface area contributed by atoms with Gasteiger partial charge < -0.3 is 9.88 Å². The SMILES string of the molecule is CNC(=O)c1cccc(C(=O)C(C#N)c2nc3ccccc3n2C)c1. The van der Waals surface area contributed by atoms with E-state index in [1.165, 1.54) is 13.1 Å². The number of aryl methyl sites for hydroxylation is 1. The van der Waals surface area contributed by atoms with Gasteiger partial charge in [0.25, 0.3) is 5.91 Å². The van der Waals surface area contributed by atoms with Gasteiger partial charge >= 0.3 is 0 Å². The molecule has 3 rings (SSSR count). The van der Waals surface area contributed by atoms with Crippen LogP contribution in [0.25, 0.3) is 11.0 Å². The number of rotatable bonds is 4. The van der Waals surface area contributed by atoms with Crippen molar-refractivity contribution in [2.45, 2.75) is 5.92 Å². The number of nitrogens with zero attached hydrogens (tertiary/aromatic N) is 3. The predicted molar refractivity (Wildman–Crippen MR) is 93.2 cm³/mol. The van der Waals surface area contributed by atoms with Crippen LogP contribution in [0.15, 0.2) is 48.5 Å². The van der Waals surface area contributed by atoms with Gasteiger partial charge in [0.2, 0.25) is 0 Å². The maximum Gasteiger partial charge on any atom is 0.251 e. The van der Waals surface area contributed by atoms with Gasteiger partial charge in [-0.2, -0.15) is 5.26 Å². The summed E-state index contributed by atoms with van der Waals surface area (Å²) in [6.45, 7) is 0. The molecule has 0 spiro atoms. The summed E-state index contributed by atoms with van der Waals surface area (Å²) in [7, 11) is 3.30. The van der Waals surface area contributed by atoms with Gasteiger partial charge in [-0.3, -0.25) is 9.59 Å². The van der Waals surface area contributed by atoms with Crippen molar-refractivity contribution in [3.63, 3.8) is 0 Å². The maximum atomic E-state index is 12.9. The highest BCUT2D eigenvalue weighted by Crippen LogP contribution is 2.24. The number of hydrogen-bond acceptors (Lipinski definition) is 4. The van der Waals surface area contributed by atoms with Crippen LogP contribution >= 0.6 is 0 Å². The summed E-state index contributed by atoms with van der Waals surface area (Å²) in [6.07, 6.45) is 0. The number of imidazole rings is 1. The summed E-state index contributed by atoms with van der Waals surface area (Å²) >= 11 is 0. The van der Waals surface area contributed by atoms with Crippen molar-refractivity contribution in [1.29, 1.82) is 5.26 Å². The number of carbonyl (C=O) groups is 2. The van der Waals surface area contributed by atoms with E-state index in [-0.39, 0.29) is 11.7 Å². The number of hydrogen-bond donors (Lipinski definition) is 1. The third-order valence-corrected chi connectivity index (χ3v) is 4.11. The van der Waals surface area contributed by atoms with Gasteiger partial charge in [-0.15, -0.1) is 0 Å². The highest BCUT2D eigenvalue weighted by atomic mass is 16.1. The molecular weight excluding hydrogens is 316 g/mol. The molecule has 0 saturated carbocycles. The number of fused-ring (bicyclic) bond motifs is 1. The molecule has 3 aromatic rings. The van der Waals surface area contributed by atoms with Crippen LogP contribution in [0.3, 0.4) is 0 Å². The van der Waals surface area contributed by atoms with Gasteiger partial charge in [-0.25, -0.2) is 4.98 Å². The second kappa shape index (κ2) is 6.57. The first-order chi connectivity index (χ1) is 12.1. The Morgan fingerprint density at radius 3 is 2.56 bits per heavy atom. The van der Waals surface area contributed by atoms with Crippen molar-refractivity contribution in [3.8, 4) is 6.07 Å². The fraction of sp³-hybridized carbons (Fsp3) is 0.158. The number of Topliss-reactive ketones (excluding diaryl/α,β-unsaturated/α-hetero) is 1. The molecule has 0 fully saturated rings. The van der Waals surface area contributed by atoms with E-state index in [9.17, 15) is 14.9 Å². The molecule has 1 unspecified atom stereocenters. The van der Waals surface area contributed by atoms with Crippen LogP contribution in [-0.4, -0.2) is 28.3 Å². The first-order valence-electron chi connectivity index (χ1n) is 7.74. The Bertz CT molecular complexity index is 1010. The molecule has 0 bridgehead atoms. The number of benzene rings is 2. The lowest BCUT2D eigenvalue weighted by molar-refractivity contribution is 0.0963. The zero-order valence-electron chi connectivity index (χ0n) is 13.9. The van der Waals surface area contributed by atoms with Crippen LogP contribution in [0.4, 0.5) is 0 Å². The third kappa shape index (κ3) is 2.88. The number of para-hydroxylation sites is 2. The lowest BCUT2D eigenvalue weighted by Gasteiger charge is -2.09. The lowest BCUT2D eigenvalue weighted by Crippen LogP contribution is -2.19. The molecule has 0 radical (unpaired) electrons. The van der Waals surface area contributed by atoms with Crippen molar-refractivity contribution in [3.05, 3.63) is 65.5 Å². The van der Waals surface area contributed by atoms with Crippen molar-refractivity contribution in [1.82, 2.24) is 14.9 Å². The van der Waals surface area contributed by atoms with Gasteiger partial charge in [0.15, 0.2) is 11.7 Å². The minimum Gasteiger partial charge on any atom is -0.355 e. The second-order valence-electron chi connectivity index (χ2n) is 5.60. The van der Waals surface area contributed by atoms with Gasteiger partial charge in [0.05, 0.1) is 17.1 Å². The molecular formula is C19H16N4O2. The molecule has 1 aromatic heterocycles. The Morgan fingerprint density at radius 1 is 1.16 bits per heavy atom. The molecule has 1 heterocycles. The molecule has 25 heavy (non-hydrogen) atoms. The second-order valence-corrected chi connectivity index (χ2v) is 5.60. The van der Waals surface area contributed by atoms with Gasteiger partial charge in [0, 0.05) is 25.2 Å². The quantitative estimate of drug-likeness (QED) is 0.743. The van der Waals surface area contributed by atoms with Crippen LogP contribution in [0.2, 0.25) is 0 Å². The molecule has 2 aromatic carbocycles. The molecule has 0 aliphatic carbocycles. The maximum absolute atomic E-state index is 12.9. The van der Waals surface area contributed by atoms with E-state index >= 15 is 0 Å². The first kappa shape index (κ1) is 16.4. The topological polar surface area (TPSA) is 87.8 Å². The van der Waals surface area contributed by atoms with E-state index in [2.05, 4.69) is 10.3 Å². The summed E-state index contributed by atoms with van der Waals surface area (Å²) in [4.78, 5) is 29.1. The summed E-state index contributed by atoms with van der Waals surface area (Å²) < 4.78 is 1.75. The van der Waals surface area contributed by atoms with Crippen molar-refractivity contribution in [2.75, 3.05) is 7.05 Å². The van der Waals surface area contributed by atoms with Crippen LogP contribution in [0.5, 0.6) is 0 Å². The van der Waals surface area contributed by atoms with E-state index in [1.54, 1.807) is 29.8 Å². The van der Waals surface area contributed by atoms with E-state index < -0.39 is 5.92 Å². The number of amides is 1. The van der Waals surface area contributed by atoms with E-state index in [4.69, 9.17) is 0 Å². The standard InChI is InChI=1S/C19H16N4O2/c1-21-19(25)13-7-5-6-12(10-13)17(24)14(11-20)18-22-15-8-3-4-9-16(15)23(18)2/h3-10,14H,1-2H3,(H,21,25). The molecule has 0 aliphatic heterocycles. The number of carbonyl (C=O) groups excluding carboxylic acids is 2. The first-order valence-corrected chi connectivity index (χ1v) is 7.74. The van der Waals surface area contributed by atoms with E-state index in [0.717, 1.165) is 11.0 Å². The number of ketones is 1. The molecule has 1 amide bonds. The summed E-state index contributed by atoms with van der Waals surface area (Å²) in [6, 6.07) is 15.8. The molecule has 124 valence electrons. The van der Waals surface area contributed by atoms with Crippen molar-refractivity contribution in [2.24, 2.45) is 7.05 Å². The van der Waals surface area contributed by atoms with E-state index in [0.29, 0.717) is 17.0 Å². The summed E-state index contributed by atoms with van der Waals surface area (Å²) in [5.74, 6) is -1.33. The Morgan fingerprint density at radius 2 is 1.88 bits per heavy atom. The van der Waals surface area contributed by atoms with Crippen LogP contribution in [0.1, 0.15) is 32.5 Å². The minimum absolute atomic E-state index is 0.286. The monoisotopic (exact) mass is 332 g/mol. The normalized spacial score (nSPS) is 11.7. The Balaban J connectivity index is 2.03. The average Bonchev–Trinajstić information content (AvgIpc) is 2.98. The van der Waals surface area contributed by atoms with Gasteiger partial charge in [-0.1, -0.05) is 24.3 Å². The predicted octanol–water partition coefficient (Wildman–Crippen LogP) is 2.42. The Kier molecular flexibility index (Phi) is 4.31. The zero-order valence-corrected chi connectivity index (χ0v) is 13.9. The van der Waals surface area contributed by atoms with Crippen LogP contribution < -0.4 is 5.32 Å². The molecule has 6 nitrogen and oxygen atoms in total. The van der Waals surface area contributed by atoms with Crippen molar-refractivity contribution < 1.29 is 9.59 Å². The zero-order chi connectivity index (χ0) is 18.0. The fourth-order valence-corrected chi connectivity index (χ4v) is 2.78. The molecule has 6 heteroatoms. The molecule has 0 saturated heterocycles. The molecule has 1 N–H and O–H groups in total. The molecule has 0 aliphatic rings. The number of nitrogens with one attached hydrogen (secondary N) is 1. The Labute approximate surface area is 144 Å². The summed E-state index contributed by atoms with van der Waals surface area (Å²) in [5, 5.41) is 12.1. The fourth-order valence-electron chi connectivity index (χ4n) is 2.78. The molecule has 1 atom stereocenters. The highest BCUT2D eigenvalue weighted by molar-refractivity contribution is 6.04. The highest BCUT2D eigenvalue weighted by Gasteiger charge is 2.27. The minimum atomic E-state index is -1.04. The number of aromatic nitrogens is 2. The smallest absolute Gasteiger partial charge is 0.251 e.